The summed E-state index contributed by atoms with van der Waals surface area (Å²) in [6.07, 6.45) is 5.58. The second kappa shape index (κ2) is 3.18. The Morgan fingerprint density at radius 2 is 2.08 bits per heavy atom. The molecular formula is C9H7N3O. The molecule has 0 aliphatic heterocycles. The molecule has 4 nitrogen and oxygen atoms in total. The summed E-state index contributed by atoms with van der Waals surface area (Å²) in [4.78, 5) is 21.3. The molecule has 2 heterocycles. The predicted octanol–water partition coefficient (Wildman–Crippen LogP) is 1.28. The summed E-state index contributed by atoms with van der Waals surface area (Å²) in [5.41, 5.74) is 2.04. The van der Waals surface area contributed by atoms with Crippen molar-refractivity contribution >= 4 is 6.29 Å². The third-order valence-corrected chi connectivity index (χ3v) is 1.74. The lowest BCUT2D eigenvalue weighted by Gasteiger charge is -1.95. The number of aromatic amines is 1. The van der Waals surface area contributed by atoms with Gasteiger partial charge in [0.1, 0.15) is 5.69 Å². The molecule has 2 aromatic rings. The lowest BCUT2D eigenvalue weighted by Crippen LogP contribution is -1.85. The fourth-order valence-electron chi connectivity index (χ4n) is 1.13. The van der Waals surface area contributed by atoms with Crippen LogP contribution in [0.15, 0.2) is 30.9 Å². The van der Waals surface area contributed by atoms with Gasteiger partial charge in [-0.2, -0.15) is 0 Å². The summed E-state index contributed by atoms with van der Waals surface area (Å²) in [7, 11) is 0. The van der Waals surface area contributed by atoms with Crippen LogP contribution >= 0.6 is 0 Å². The van der Waals surface area contributed by atoms with Gasteiger partial charge in [0.15, 0.2) is 6.29 Å². The van der Waals surface area contributed by atoms with Crippen molar-refractivity contribution in [3.8, 4) is 11.3 Å². The molecule has 0 spiro atoms. The minimum atomic E-state index is 0.492. The van der Waals surface area contributed by atoms with Crippen LogP contribution in [-0.4, -0.2) is 21.2 Å². The summed E-state index contributed by atoms with van der Waals surface area (Å²) in [5, 5.41) is 0. The van der Waals surface area contributed by atoms with E-state index in [0.717, 1.165) is 11.8 Å². The molecule has 2 rings (SSSR count). The molecule has 2 aromatic heterocycles. The summed E-state index contributed by atoms with van der Waals surface area (Å²) in [5.74, 6) is 0. The highest BCUT2D eigenvalue weighted by molar-refractivity contribution is 5.83. The van der Waals surface area contributed by atoms with Gasteiger partial charge in [0.25, 0.3) is 0 Å². The van der Waals surface area contributed by atoms with E-state index in [1.807, 2.05) is 12.1 Å². The highest BCUT2D eigenvalue weighted by Gasteiger charge is 2.05. The number of nitrogens with one attached hydrogen (secondary N) is 1. The first kappa shape index (κ1) is 7.67. The molecule has 0 aliphatic carbocycles. The molecular weight excluding hydrogens is 166 g/mol. The smallest absolute Gasteiger partial charge is 0.168 e. The SMILES string of the molecule is O=Cc1[nH]cnc1-c1ccncc1. The van der Waals surface area contributed by atoms with Gasteiger partial charge in [-0.15, -0.1) is 0 Å². The monoisotopic (exact) mass is 173 g/mol. The topological polar surface area (TPSA) is 58.6 Å². The van der Waals surface area contributed by atoms with E-state index in [1.54, 1.807) is 12.4 Å². The van der Waals surface area contributed by atoms with Crippen molar-refractivity contribution in [2.75, 3.05) is 0 Å². The zero-order valence-corrected chi connectivity index (χ0v) is 6.77. The van der Waals surface area contributed by atoms with Gasteiger partial charge in [-0.3, -0.25) is 9.78 Å². The maximum Gasteiger partial charge on any atom is 0.168 e. The molecule has 0 aliphatic rings. The minimum Gasteiger partial charge on any atom is -0.342 e. The van der Waals surface area contributed by atoms with Crippen LogP contribution in [0.1, 0.15) is 10.5 Å². The Balaban J connectivity index is 2.52. The number of hydrogen-bond acceptors (Lipinski definition) is 3. The highest BCUT2D eigenvalue weighted by Crippen LogP contribution is 2.17. The summed E-state index contributed by atoms with van der Waals surface area (Å²) < 4.78 is 0. The van der Waals surface area contributed by atoms with E-state index >= 15 is 0 Å². The normalized spacial score (nSPS) is 9.85. The van der Waals surface area contributed by atoms with E-state index in [-0.39, 0.29) is 0 Å². The average molecular weight is 173 g/mol. The summed E-state index contributed by atoms with van der Waals surface area (Å²) >= 11 is 0. The highest BCUT2D eigenvalue weighted by atomic mass is 16.1. The standard InChI is InChI=1S/C9H7N3O/c13-5-8-9(12-6-11-8)7-1-3-10-4-2-7/h1-6H,(H,11,12). The van der Waals surface area contributed by atoms with Crippen LogP contribution in [0, 0.1) is 0 Å². The van der Waals surface area contributed by atoms with E-state index in [4.69, 9.17) is 0 Å². The van der Waals surface area contributed by atoms with Crippen LogP contribution < -0.4 is 0 Å². The molecule has 4 heteroatoms. The van der Waals surface area contributed by atoms with E-state index < -0.39 is 0 Å². The van der Waals surface area contributed by atoms with Gasteiger partial charge < -0.3 is 4.98 Å². The second-order valence-corrected chi connectivity index (χ2v) is 2.52. The number of aldehydes is 1. The molecule has 0 radical (unpaired) electrons. The van der Waals surface area contributed by atoms with Crippen molar-refractivity contribution in [1.82, 2.24) is 15.0 Å². The number of aromatic nitrogens is 3. The van der Waals surface area contributed by atoms with Crippen LogP contribution in [0.3, 0.4) is 0 Å². The third kappa shape index (κ3) is 1.33. The first-order valence-electron chi connectivity index (χ1n) is 3.81. The number of carbonyl (C=O) groups excluding carboxylic acids is 1. The Hall–Kier alpha value is -1.97. The predicted molar refractivity (Wildman–Crippen MR) is 47.2 cm³/mol. The Bertz CT molecular complexity index is 408. The average Bonchev–Trinajstić information content (AvgIpc) is 2.67. The van der Waals surface area contributed by atoms with Crippen LogP contribution in [0.2, 0.25) is 0 Å². The van der Waals surface area contributed by atoms with Gasteiger partial charge in [0.05, 0.1) is 12.0 Å². The Morgan fingerprint density at radius 3 is 2.77 bits per heavy atom. The minimum absolute atomic E-state index is 0.492. The summed E-state index contributed by atoms with van der Waals surface area (Å²) in [6.45, 7) is 0. The van der Waals surface area contributed by atoms with Crippen LogP contribution in [0.25, 0.3) is 11.3 Å². The number of H-pyrrole nitrogens is 1. The number of rotatable bonds is 2. The van der Waals surface area contributed by atoms with Crippen LogP contribution in [-0.2, 0) is 0 Å². The Kier molecular flexibility index (Phi) is 1.88. The number of pyridine rings is 1. The lowest BCUT2D eigenvalue weighted by molar-refractivity contribution is 0.112. The molecule has 0 unspecified atom stereocenters. The fraction of sp³-hybridized carbons (Fsp3) is 0. The summed E-state index contributed by atoms with van der Waals surface area (Å²) in [6, 6.07) is 3.62. The molecule has 0 amide bonds. The van der Waals surface area contributed by atoms with Crippen molar-refractivity contribution in [3.05, 3.63) is 36.5 Å². The van der Waals surface area contributed by atoms with E-state index in [0.29, 0.717) is 11.4 Å². The molecule has 0 saturated heterocycles. The zero-order valence-electron chi connectivity index (χ0n) is 6.77. The maximum absolute atomic E-state index is 10.6. The number of hydrogen-bond donors (Lipinski definition) is 1. The zero-order chi connectivity index (χ0) is 9.10. The molecule has 0 bridgehead atoms. The van der Waals surface area contributed by atoms with Crippen molar-refractivity contribution in [2.24, 2.45) is 0 Å². The van der Waals surface area contributed by atoms with Crippen molar-refractivity contribution in [1.29, 1.82) is 0 Å². The maximum atomic E-state index is 10.6. The van der Waals surface area contributed by atoms with E-state index in [1.165, 1.54) is 6.33 Å². The molecule has 0 aromatic carbocycles. The van der Waals surface area contributed by atoms with E-state index in [9.17, 15) is 4.79 Å². The van der Waals surface area contributed by atoms with Crippen molar-refractivity contribution < 1.29 is 4.79 Å². The number of carbonyl (C=O) groups is 1. The van der Waals surface area contributed by atoms with Gasteiger partial charge in [-0.1, -0.05) is 0 Å². The molecule has 64 valence electrons. The Morgan fingerprint density at radius 1 is 1.31 bits per heavy atom. The number of nitrogens with zero attached hydrogens (tertiary/aromatic N) is 2. The van der Waals surface area contributed by atoms with Gasteiger partial charge in [-0.05, 0) is 12.1 Å². The second-order valence-electron chi connectivity index (χ2n) is 2.52. The van der Waals surface area contributed by atoms with Gasteiger partial charge in [0.2, 0.25) is 0 Å². The Labute approximate surface area is 74.7 Å². The lowest BCUT2D eigenvalue weighted by atomic mass is 10.2. The quantitative estimate of drug-likeness (QED) is 0.696. The van der Waals surface area contributed by atoms with Gasteiger partial charge >= 0.3 is 0 Å². The van der Waals surface area contributed by atoms with Crippen molar-refractivity contribution in [2.45, 2.75) is 0 Å². The molecule has 0 saturated carbocycles. The molecule has 0 fully saturated rings. The van der Waals surface area contributed by atoms with Crippen LogP contribution in [0.4, 0.5) is 0 Å². The van der Waals surface area contributed by atoms with Crippen LogP contribution in [0.5, 0.6) is 0 Å². The van der Waals surface area contributed by atoms with Gasteiger partial charge in [-0.25, -0.2) is 4.98 Å². The largest absolute Gasteiger partial charge is 0.342 e. The van der Waals surface area contributed by atoms with Crippen molar-refractivity contribution in [3.63, 3.8) is 0 Å². The third-order valence-electron chi connectivity index (χ3n) is 1.74. The molecule has 1 N–H and O–H groups in total. The molecule has 0 atom stereocenters. The first-order chi connectivity index (χ1) is 6.42. The fourth-order valence-corrected chi connectivity index (χ4v) is 1.13. The molecule has 13 heavy (non-hydrogen) atoms. The first-order valence-corrected chi connectivity index (χ1v) is 3.81. The van der Waals surface area contributed by atoms with Gasteiger partial charge in [0, 0.05) is 18.0 Å². The number of imidazole rings is 1. The van der Waals surface area contributed by atoms with E-state index in [2.05, 4.69) is 15.0 Å².